The van der Waals surface area contributed by atoms with Gasteiger partial charge in [0.15, 0.2) is 0 Å². The van der Waals surface area contributed by atoms with Gasteiger partial charge in [0.05, 0.1) is 6.33 Å². The van der Waals surface area contributed by atoms with Crippen molar-refractivity contribution in [1.29, 1.82) is 0 Å². The Bertz CT molecular complexity index is 414. The van der Waals surface area contributed by atoms with E-state index in [1.165, 1.54) is 0 Å². The van der Waals surface area contributed by atoms with Gasteiger partial charge in [-0.1, -0.05) is 24.9 Å². The molecule has 1 aromatic heterocycles. The van der Waals surface area contributed by atoms with Gasteiger partial charge in [-0.05, 0) is 50.4 Å². The molecule has 1 aliphatic carbocycles. The Hall–Kier alpha value is -0.680. The number of hydrogen-bond donors (Lipinski definition) is 0. The van der Waals surface area contributed by atoms with Gasteiger partial charge >= 0.3 is 0 Å². The number of aromatic nitrogens is 2. The van der Waals surface area contributed by atoms with E-state index in [0.29, 0.717) is 17.9 Å². The second-order valence-corrected chi connectivity index (χ2v) is 7.27. The zero-order valence-electron chi connectivity index (χ0n) is 12.4. The minimum Gasteiger partial charge on any atom is -0.772 e. The smallest absolute Gasteiger partial charge is 0.0948 e. The molecule has 1 fully saturated rings. The first-order valence-electron chi connectivity index (χ1n) is 7.67. The molecule has 3 atom stereocenters. The highest BCUT2D eigenvalue weighted by Crippen LogP contribution is 2.36. The lowest BCUT2D eigenvalue weighted by atomic mass is 9.78. The molecule has 0 bridgehead atoms. The van der Waals surface area contributed by atoms with Crippen molar-refractivity contribution in [3.05, 3.63) is 18.7 Å². The summed E-state index contributed by atoms with van der Waals surface area (Å²) in [5.74, 6) is 1.32. The first-order chi connectivity index (χ1) is 9.61. The van der Waals surface area contributed by atoms with E-state index in [1.54, 1.807) is 0 Å². The van der Waals surface area contributed by atoms with E-state index in [0.717, 1.165) is 38.5 Å². The van der Waals surface area contributed by atoms with Crippen LogP contribution in [0.3, 0.4) is 0 Å². The molecule has 1 aromatic rings. The molecule has 5 heteroatoms. The Morgan fingerprint density at radius 2 is 2.10 bits per heavy atom. The minimum absolute atomic E-state index is 0.103. The lowest BCUT2D eigenvalue weighted by Gasteiger charge is -2.34. The van der Waals surface area contributed by atoms with Gasteiger partial charge in [-0.15, -0.1) is 0 Å². The molecule has 0 amide bonds. The maximum Gasteiger partial charge on any atom is 0.0948 e. The average molecular weight is 297 g/mol. The van der Waals surface area contributed by atoms with Crippen molar-refractivity contribution in [2.45, 2.75) is 63.7 Å². The molecule has 0 aliphatic heterocycles. The lowest BCUT2D eigenvalue weighted by molar-refractivity contribution is 0.223. The van der Waals surface area contributed by atoms with E-state index < -0.39 is 11.1 Å². The van der Waals surface area contributed by atoms with Crippen LogP contribution in [-0.2, 0) is 11.1 Å². The van der Waals surface area contributed by atoms with Gasteiger partial charge in [0, 0.05) is 23.7 Å². The fourth-order valence-electron chi connectivity index (χ4n) is 3.46. The monoisotopic (exact) mass is 297 g/mol. The summed E-state index contributed by atoms with van der Waals surface area (Å²) in [6.45, 7) is 4.54. The molecule has 0 spiro atoms. The van der Waals surface area contributed by atoms with Crippen LogP contribution in [0.4, 0.5) is 0 Å². The van der Waals surface area contributed by atoms with Gasteiger partial charge in [-0.3, -0.25) is 4.21 Å². The van der Waals surface area contributed by atoms with Crippen LogP contribution in [0.15, 0.2) is 18.7 Å². The van der Waals surface area contributed by atoms with E-state index >= 15 is 0 Å². The predicted molar refractivity (Wildman–Crippen MR) is 80.0 cm³/mol. The molecule has 20 heavy (non-hydrogen) atoms. The summed E-state index contributed by atoms with van der Waals surface area (Å²) in [5, 5.41) is -0.103. The zero-order chi connectivity index (χ0) is 14.5. The standard InChI is InChI=1S/C15H26N2O2S/c1-3-14(17-9-8-16-11-17)10-12(2)13-4-6-15(7-5-13)20(18)19/h8-9,11-15H,3-7,10H2,1-2H3,(H,18,19)/p-1. The van der Waals surface area contributed by atoms with E-state index in [4.69, 9.17) is 0 Å². The summed E-state index contributed by atoms with van der Waals surface area (Å²) < 4.78 is 24.2. The first-order valence-corrected chi connectivity index (χ1v) is 8.81. The molecule has 1 saturated carbocycles. The summed E-state index contributed by atoms with van der Waals surface area (Å²) in [6, 6.07) is 0.513. The second-order valence-electron chi connectivity index (χ2n) is 6.08. The fourth-order valence-corrected chi connectivity index (χ4v) is 4.11. The Kier molecular flexibility index (Phi) is 5.78. The molecule has 0 N–H and O–H groups in total. The normalized spacial score (nSPS) is 27.9. The van der Waals surface area contributed by atoms with Crippen LogP contribution < -0.4 is 0 Å². The maximum atomic E-state index is 11.0. The van der Waals surface area contributed by atoms with Gasteiger partial charge in [0.1, 0.15) is 0 Å². The van der Waals surface area contributed by atoms with E-state index in [1.807, 2.05) is 18.7 Å². The second kappa shape index (κ2) is 7.36. The highest BCUT2D eigenvalue weighted by Gasteiger charge is 2.27. The van der Waals surface area contributed by atoms with Crippen molar-refractivity contribution >= 4 is 11.1 Å². The van der Waals surface area contributed by atoms with Gasteiger partial charge in [0.2, 0.25) is 0 Å². The van der Waals surface area contributed by atoms with Crippen LogP contribution in [-0.4, -0.2) is 23.6 Å². The van der Waals surface area contributed by atoms with E-state index in [2.05, 4.69) is 23.4 Å². The molecular weight excluding hydrogens is 272 g/mol. The molecule has 3 unspecified atom stereocenters. The topological polar surface area (TPSA) is 57.9 Å². The first kappa shape index (κ1) is 15.7. The number of rotatable bonds is 6. The molecule has 0 saturated heterocycles. The van der Waals surface area contributed by atoms with Crippen molar-refractivity contribution in [3.63, 3.8) is 0 Å². The largest absolute Gasteiger partial charge is 0.772 e. The van der Waals surface area contributed by atoms with Crippen molar-refractivity contribution in [2.75, 3.05) is 0 Å². The third-order valence-corrected chi connectivity index (χ3v) is 5.87. The van der Waals surface area contributed by atoms with Crippen molar-refractivity contribution in [1.82, 2.24) is 9.55 Å². The third-order valence-electron chi connectivity index (χ3n) is 4.86. The Balaban J connectivity index is 1.86. The van der Waals surface area contributed by atoms with Crippen LogP contribution in [0, 0.1) is 11.8 Å². The molecule has 0 radical (unpaired) electrons. The van der Waals surface area contributed by atoms with Crippen LogP contribution in [0.5, 0.6) is 0 Å². The minimum atomic E-state index is -1.88. The van der Waals surface area contributed by atoms with Crippen molar-refractivity contribution < 1.29 is 8.76 Å². The van der Waals surface area contributed by atoms with E-state index in [-0.39, 0.29) is 5.25 Å². The van der Waals surface area contributed by atoms with Gasteiger partial charge in [-0.2, -0.15) is 0 Å². The molecule has 2 rings (SSSR count). The maximum absolute atomic E-state index is 11.0. The Morgan fingerprint density at radius 1 is 1.40 bits per heavy atom. The van der Waals surface area contributed by atoms with Gasteiger partial charge in [-0.25, -0.2) is 4.98 Å². The highest BCUT2D eigenvalue weighted by molar-refractivity contribution is 7.79. The highest BCUT2D eigenvalue weighted by atomic mass is 32.2. The molecular formula is C15H25N2O2S-. The molecule has 0 aromatic carbocycles. The number of hydrogen-bond acceptors (Lipinski definition) is 3. The van der Waals surface area contributed by atoms with Gasteiger partial charge in [0.25, 0.3) is 0 Å². The molecule has 4 nitrogen and oxygen atoms in total. The Morgan fingerprint density at radius 3 is 2.60 bits per heavy atom. The summed E-state index contributed by atoms with van der Waals surface area (Å²) in [7, 11) is 0. The average Bonchev–Trinajstić information content (AvgIpc) is 2.98. The van der Waals surface area contributed by atoms with Crippen LogP contribution in [0.2, 0.25) is 0 Å². The molecule has 114 valence electrons. The fraction of sp³-hybridized carbons (Fsp3) is 0.800. The number of nitrogens with zero attached hydrogens (tertiary/aromatic N) is 2. The third kappa shape index (κ3) is 3.92. The van der Waals surface area contributed by atoms with Crippen LogP contribution in [0.25, 0.3) is 0 Å². The zero-order valence-corrected chi connectivity index (χ0v) is 13.2. The van der Waals surface area contributed by atoms with Crippen LogP contribution in [0.1, 0.15) is 58.4 Å². The van der Waals surface area contributed by atoms with Gasteiger partial charge < -0.3 is 9.12 Å². The molecule has 1 heterocycles. The Labute approximate surface area is 124 Å². The molecule has 1 aliphatic rings. The van der Waals surface area contributed by atoms with Crippen molar-refractivity contribution in [3.8, 4) is 0 Å². The SMILES string of the molecule is CCC(CC(C)C1CCC(S(=O)[O-])CC1)n1ccnc1. The summed E-state index contributed by atoms with van der Waals surface area (Å²) in [4.78, 5) is 4.13. The van der Waals surface area contributed by atoms with E-state index in [9.17, 15) is 8.76 Å². The lowest BCUT2D eigenvalue weighted by Crippen LogP contribution is -2.27. The summed E-state index contributed by atoms with van der Waals surface area (Å²) >= 11 is -1.88. The quantitative estimate of drug-likeness (QED) is 0.757. The van der Waals surface area contributed by atoms with Crippen LogP contribution >= 0.6 is 0 Å². The predicted octanol–water partition coefficient (Wildman–Crippen LogP) is 3.30. The summed E-state index contributed by atoms with van der Waals surface area (Å²) in [6.07, 6.45) is 11.8. The summed E-state index contributed by atoms with van der Waals surface area (Å²) in [5.41, 5.74) is 0. The van der Waals surface area contributed by atoms with Crippen molar-refractivity contribution in [2.24, 2.45) is 11.8 Å². The number of imidazole rings is 1.